The molecule has 3 aromatic carbocycles. The van der Waals surface area contributed by atoms with Crippen molar-refractivity contribution < 1.29 is 4.79 Å². The molecule has 0 aliphatic carbocycles. The molecule has 0 bridgehead atoms. The van der Waals surface area contributed by atoms with Gasteiger partial charge in [-0.1, -0.05) is 95.5 Å². The summed E-state index contributed by atoms with van der Waals surface area (Å²) in [5.74, 6) is -0.372. The van der Waals surface area contributed by atoms with Crippen molar-refractivity contribution >= 4 is 63.2 Å². The molecule has 0 radical (unpaired) electrons. The molecule has 3 aromatic rings. The Labute approximate surface area is 172 Å². The average molecular weight is 420 g/mol. The van der Waals surface area contributed by atoms with Crippen LogP contribution in [0.15, 0.2) is 78.9 Å². The number of hydrogen-bond acceptors (Lipinski definition) is 2. The Bertz CT molecular complexity index is 952. The summed E-state index contributed by atoms with van der Waals surface area (Å²) in [7, 11) is 0. The second-order valence-electron chi connectivity index (χ2n) is 5.93. The first-order valence-corrected chi connectivity index (χ1v) is 9.41. The van der Waals surface area contributed by atoms with Gasteiger partial charge in [-0.05, 0) is 34.5 Å². The molecule has 0 heterocycles. The highest BCUT2D eigenvalue weighted by Crippen LogP contribution is 2.31. The summed E-state index contributed by atoms with van der Waals surface area (Å²) in [5.41, 5.74) is 1.64. The van der Waals surface area contributed by atoms with Gasteiger partial charge < -0.3 is 10.6 Å². The van der Waals surface area contributed by atoms with Gasteiger partial charge in [0.1, 0.15) is 6.17 Å². The van der Waals surface area contributed by atoms with Crippen molar-refractivity contribution in [1.29, 1.82) is 0 Å². The van der Waals surface area contributed by atoms with Gasteiger partial charge in [-0.3, -0.25) is 4.79 Å². The van der Waals surface area contributed by atoms with Crippen LogP contribution in [-0.4, -0.2) is 15.9 Å². The van der Waals surface area contributed by atoms with Crippen LogP contribution < -0.4 is 10.6 Å². The minimum absolute atomic E-state index is 0.372. The molecule has 3 rings (SSSR count). The lowest BCUT2D eigenvalue weighted by Gasteiger charge is -2.27. The lowest BCUT2D eigenvalue weighted by Crippen LogP contribution is -2.48. The van der Waals surface area contributed by atoms with E-state index in [1.165, 1.54) is 6.08 Å². The minimum Gasteiger partial charge on any atom is -0.362 e. The van der Waals surface area contributed by atoms with Gasteiger partial charge in [-0.25, -0.2) is 0 Å². The molecule has 6 heteroatoms. The van der Waals surface area contributed by atoms with Crippen LogP contribution in [0, 0.1) is 0 Å². The molecule has 1 amide bonds. The fourth-order valence-electron chi connectivity index (χ4n) is 2.57. The van der Waals surface area contributed by atoms with E-state index in [2.05, 4.69) is 10.6 Å². The Hall–Kier alpha value is -2.20. The summed E-state index contributed by atoms with van der Waals surface area (Å²) in [4.78, 5) is 12.3. The highest BCUT2D eigenvalue weighted by Gasteiger charge is 2.33. The number of anilines is 1. The number of rotatable bonds is 5. The van der Waals surface area contributed by atoms with E-state index in [0.29, 0.717) is 0 Å². The minimum atomic E-state index is -1.73. The van der Waals surface area contributed by atoms with E-state index < -0.39 is 9.96 Å². The molecule has 3 nitrogen and oxygen atoms in total. The van der Waals surface area contributed by atoms with Gasteiger partial charge in [0.05, 0.1) is 0 Å². The quantitative estimate of drug-likeness (QED) is 0.313. The fraction of sp³-hybridized carbons (Fsp3) is 0.0952. The third-order valence-electron chi connectivity index (χ3n) is 3.90. The first-order valence-electron chi connectivity index (χ1n) is 8.27. The summed E-state index contributed by atoms with van der Waals surface area (Å²) in [6, 6.07) is 23.2. The number of alkyl halides is 3. The standard InChI is InChI=1S/C21H17Cl3N2O/c22-21(23,24)20(26-19(27)13-10-15-6-2-1-3-7-15)25-18-12-11-16-8-4-5-9-17(16)14-18/h1-14,20,25H,(H,26,27). The van der Waals surface area contributed by atoms with E-state index >= 15 is 0 Å². The monoisotopic (exact) mass is 418 g/mol. The summed E-state index contributed by atoms with van der Waals surface area (Å²) in [5, 5.41) is 7.91. The number of benzene rings is 3. The van der Waals surface area contributed by atoms with Gasteiger partial charge >= 0.3 is 0 Å². The first kappa shape index (κ1) is 19.6. The molecule has 1 unspecified atom stereocenters. The van der Waals surface area contributed by atoms with Crippen LogP contribution in [0.5, 0.6) is 0 Å². The third kappa shape index (κ3) is 5.64. The number of carbonyl (C=O) groups excluding carboxylic acids is 1. The molecule has 0 saturated heterocycles. The first-order chi connectivity index (χ1) is 12.9. The molecular formula is C21H17Cl3N2O. The zero-order chi connectivity index (χ0) is 19.3. The predicted octanol–water partition coefficient (Wildman–Crippen LogP) is 5.78. The van der Waals surface area contributed by atoms with Crippen LogP contribution in [0.2, 0.25) is 0 Å². The van der Waals surface area contributed by atoms with E-state index in [1.54, 1.807) is 6.08 Å². The van der Waals surface area contributed by atoms with Gasteiger partial charge in [-0.15, -0.1) is 0 Å². The van der Waals surface area contributed by atoms with Crippen LogP contribution in [0.3, 0.4) is 0 Å². The number of amides is 1. The van der Waals surface area contributed by atoms with E-state index in [4.69, 9.17) is 34.8 Å². The molecule has 0 spiro atoms. The molecule has 138 valence electrons. The fourth-order valence-corrected chi connectivity index (χ4v) is 2.90. The van der Waals surface area contributed by atoms with Crippen molar-refractivity contribution in [2.45, 2.75) is 9.96 Å². The molecular weight excluding hydrogens is 403 g/mol. The molecule has 0 aliphatic rings. The normalized spacial score (nSPS) is 12.9. The van der Waals surface area contributed by atoms with Gasteiger partial charge in [0.15, 0.2) is 0 Å². The van der Waals surface area contributed by atoms with E-state index in [9.17, 15) is 4.79 Å². The van der Waals surface area contributed by atoms with Crippen molar-refractivity contribution in [1.82, 2.24) is 5.32 Å². The Kier molecular flexibility index (Phi) is 6.27. The van der Waals surface area contributed by atoms with Gasteiger partial charge in [-0.2, -0.15) is 0 Å². The van der Waals surface area contributed by atoms with Crippen LogP contribution in [-0.2, 0) is 4.79 Å². The summed E-state index contributed by atoms with van der Waals surface area (Å²) in [6.07, 6.45) is 2.19. The lowest BCUT2D eigenvalue weighted by atomic mass is 10.1. The number of hydrogen-bond donors (Lipinski definition) is 2. The SMILES string of the molecule is O=C(C=Cc1ccccc1)NC(Nc1ccc2ccccc2c1)C(Cl)(Cl)Cl. The van der Waals surface area contributed by atoms with Crippen molar-refractivity contribution in [3.8, 4) is 0 Å². The second-order valence-corrected chi connectivity index (χ2v) is 8.30. The smallest absolute Gasteiger partial charge is 0.245 e. The van der Waals surface area contributed by atoms with Gasteiger partial charge in [0, 0.05) is 11.8 Å². The van der Waals surface area contributed by atoms with Gasteiger partial charge in [0.25, 0.3) is 0 Å². The molecule has 0 aliphatic heterocycles. The second kappa shape index (κ2) is 8.66. The van der Waals surface area contributed by atoms with E-state index in [0.717, 1.165) is 22.0 Å². The van der Waals surface area contributed by atoms with Crippen LogP contribution in [0.1, 0.15) is 5.56 Å². The summed E-state index contributed by atoms with van der Waals surface area (Å²) in [6.45, 7) is 0. The highest BCUT2D eigenvalue weighted by molar-refractivity contribution is 6.68. The maximum atomic E-state index is 12.3. The van der Waals surface area contributed by atoms with E-state index in [1.807, 2.05) is 72.8 Å². The Balaban J connectivity index is 1.73. The molecule has 0 aromatic heterocycles. The number of nitrogens with one attached hydrogen (secondary N) is 2. The molecule has 0 fully saturated rings. The number of halogens is 3. The van der Waals surface area contributed by atoms with Crippen LogP contribution >= 0.6 is 34.8 Å². The van der Waals surface area contributed by atoms with Crippen molar-refractivity contribution in [3.05, 3.63) is 84.4 Å². The van der Waals surface area contributed by atoms with Crippen molar-refractivity contribution in [3.63, 3.8) is 0 Å². The summed E-state index contributed by atoms with van der Waals surface area (Å²) < 4.78 is -1.73. The van der Waals surface area contributed by atoms with Crippen LogP contribution in [0.25, 0.3) is 16.8 Å². The highest BCUT2D eigenvalue weighted by atomic mass is 35.6. The Morgan fingerprint density at radius 2 is 1.56 bits per heavy atom. The van der Waals surface area contributed by atoms with Crippen molar-refractivity contribution in [2.24, 2.45) is 0 Å². The maximum Gasteiger partial charge on any atom is 0.245 e. The largest absolute Gasteiger partial charge is 0.362 e. The van der Waals surface area contributed by atoms with Crippen molar-refractivity contribution in [2.75, 3.05) is 5.32 Å². The lowest BCUT2D eigenvalue weighted by molar-refractivity contribution is -0.116. The zero-order valence-electron chi connectivity index (χ0n) is 14.2. The molecule has 2 N–H and O–H groups in total. The average Bonchev–Trinajstić information content (AvgIpc) is 2.66. The Morgan fingerprint density at radius 3 is 2.26 bits per heavy atom. The van der Waals surface area contributed by atoms with E-state index in [-0.39, 0.29) is 5.91 Å². The number of carbonyl (C=O) groups is 1. The summed E-state index contributed by atoms with van der Waals surface area (Å²) >= 11 is 18.2. The van der Waals surface area contributed by atoms with Crippen LogP contribution in [0.4, 0.5) is 5.69 Å². The molecule has 1 atom stereocenters. The zero-order valence-corrected chi connectivity index (χ0v) is 16.5. The Morgan fingerprint density at radius 1 is 0.889 bits per heavy atom. The molecule has 27 heavy (non-hydrogen) atoms. The van der Waals surface area contributed by atoms with Gasteiger partial charge in [0.2, 0.25) is 9.70 Å². The number of fused-ring (bicyclic) bond motifs is 1. The predicted molar refractivity (Wildman–Crippen MR) is 115 cm³/mol. The maximum absolute atomic E-state index is 12.3. The third-order valence-corrected chi connectivity index (χ3v) is 4.56. The molecule has 0 saturated carbocycles. The topological polar surface area (TPSA) is 41.1 Å².